The Hall–Kier alpha value is -0.840. The van der Waals surface area contributed by atoms with Crippen molar-refractivity contribution in [2.24, 2.45) is 0 Å². The molecule has 0 saturated carbocycles. The number of nitrogens with zero attached hydrogens (tertiary/aromatic N) is 2. The van der Waals surface area contributed by atoms with Crippen LogP contribution in [0.4, 0.5) is 5.82 Å². The predicted molar refractivity (Wildman–Crippen MR) is 62.9 cm³/mol. The van der Waals surface area contributed by atoms with Crippen LogP contribution in [0.25, 0.3) is 0 Å². The van der Waals surface area contributed by atoms with E-state index in [1.165, 1.54) is 0 Å². The van der Waals surface area contributed by atoms with Crippen LogP contribution in [0.3, 0.4) is 0 Å². The number of aliphatic hydroxyl groups is 1. The topological polar surface area (TPSA) is 45.6 Å². The second-order valence-corrected chi connectivity index (χ2v) is 4.36. The highest BCUT2D eigenvalue weighted by Crippen LogP contribution is 2.26. The van der Waals surface area contributed by atoms with Crippen molar-refractivity contribution in [3.05, 3.63) is 23.4 Å². The van der Waals surface area contributed by atoms with E-state index in [9.17, 15) is 0 Å². The van der Waals surface area contributed by atoms with E-state index in [0.717, 1.165) is 5.82 Å². The summed E-state index contributed by atoms with van der Waals surface area (Å²) >= 11 is 6.11. The largest absolute Gasteiger partial charge is 0.394 e. The van der Waals surface area contributed by atoms with Crippen LogP contribution in [0.15, 0.2) is 18.3 Å². The number of aromatic nitrogens is 1. The lowest BCUT2D eigenvalue weighted by atomic mass is 10.2. The summed E-state index contributed by atoms with van der Waals surface area (Å²) < 4.78 is 5.47. The first-order valence-corrected chi connectivity index (χ1v) is 5.69. The molecule has 1 aliphatic rings. The standard InChI is InChI=1S/C11H15ClN2O2/c1-8-7-16-9(6-15)5-14(8)11-10(12)3-2-4-13-11/h2-4,8-9,15H,5-7H2,1H3. The number of aliphatic hydroxyl groups excluding tert-OH is 1. The van der Waals surface area contributed by atoms with Gasteiger partial charge in [0.15, 0.2) is 0 Å². The van der Waals surface area contributed by atoms with E-state index >= 15 is 0 Å². The van der Waals surface area contributed by atoms with Gasteiger partial charge in [-0.3, -0.25) is 0 Å². The molecule has 0 aromatic carbocycles. The summed E-state index contributed by atoms with van der Waals surface area (Å²) in [6.45, 7) is 3.28. The van der Waals surface area contributed by atoms with Crippen molar-refractivity contribution in [3.8, 4) is 0 Å². The summed E-state index contributed by atoms with van der Waals surface area (Å²) in [5, 5.41) is 9.74. The molecule has 2 rings (SSSR count). The third-order valence-electron chi connectivity index (χ3n) is 2.72. The molecule has 2 unspecified atom stereocenters. The minimum absolute atomic E-state index is 0.0215. The van der Waals surface area contributed by atoms with Gasteiger partial charge in [-0.25, -0.2) is 4.98 Å². The molecule has 2 heterocycles. The van der Waals surface area contributed by atoms with Gasteiger partial charge in [0, 0.05) is 12.7 Å². The van der Waals surface area contributed by atoms with Gasteiger partial charge in [0.1, 0.15) is 5.82 Å². The van der Waals surface area contributed by atoms with Gasteiger partial charge in [0.2, 0.25) is 0 Å². The first-order chi connectivity index (χ1) is 7.72. The molecule has 1 fully saturated rings. The Kier molecular flexibility index (Phi) is 3.63. The Morgan fingerprint density at radius 3 is 3.19 bits per heavy atom. The van der Waals surface area contributed by atoms with E-state index in [1.807, 2.05) is 6.07 Å². The maximum Gasteiger partial charge on any atom is 0.147 e. The van der Waals surface area contributed by atoms with Crippen molar-refractivity contribution in [2.45, 2.75) is 19.1 Å². The molecule has 1 aromatic heterocycles. The average Bonchev–Trinajstić information content (AvgIpc) is 2.31. The van der Waals surface area contributed by atoms with Gasteiger partial charge in [-0.15, -0.1) is 0 Å². The summed E-state index contributed by atoms with van der Waals surface area (Å²) in [6.07, 6.45) is 1.56. The zero-order chi connectivity index (χ0) is 11.5. The average molecular weight is 243 g/mol. The molecular formula is C11H15ClN2O2. The molecule has 1 aliphatic heterocycles. The number of morpholine rings is 1. The molecule has 0 radical (unpaired) electrons. The number of rotatable bonds is 2. The van der Waals surface area contributed by atoms with Gasteiger partial charge < -0.3 is 14.7 Å². The van der Waals surface area contributed by atoms with Gasteiger partial charge in [-0.05, 0) is 19.1 Å². The number of halogens is 1. The number of pyridine rings is 1. The van der Waals surface area contributed by atoms with Gasteiger partial charge in [0.05, 0.1) is 30.4 Å². The van der Waals surface area contributed by atoms with Crippen molar-refractivity contribution in [2.75, 3.05) is 24.7 Å². The van der Waals surface area contributed by atoms with Crippen LogP contribution in [-0.4, -0.2) is 42.0 Å². The molecule has 0 aliphatic carbocycles. The Morgan fingerprint density at radius 1 is 1.69 bits per heavy atom. The van der Waals surface area contributed by atoms with E-state index in [1.54, 1.807) is 12.3 Å². The van der Waals surface area contributed by atoms with Crippen LogP contribution in [0.1, 0.15) is 6.92 Å². The Balaban J connectivity index is 2.21. The summed E-state index contributed by atoms with van der Waals surface area (Å²) in [5.41, 5.74) is 0. The number of hydrogen-bond acceptors (Lipinski definition) is 4. The van der Waals surface area contributed by atoms with Gasteiger partial charge in [-0.2, -0.15) is 0 Å². The minimum atomic E-state index is -0.158. The highest BCUT2D eigenvalue weighted by atomic mass is 35.5. The molecule has 1 N–H and O–H groups in total. The maximum absolute atomic E-state index is 9.11. The Bertz CT molecular complexity index is 362. The van der Waals surface area contributed by atoms with Gasteiger partial charge >= 0.3 is 0 Å². The molecule has 5 heteroatoms. The Labute approximate surface area is 99.8 Å². The van der Waals surface area contributed by atoms with Crippen LogP contribution in [0.2, 0.25) is 5.02 Å². The molecule has 0 bridgehead atoms. The lowest BCUT2D eigenvalue weighted by molar-refractivity contribution is -0.0105. The van der Waals surface area contributed by atoms with Crippen LogP contribution in [-0.2, 0) is 4.74 Å². The highest BCUT2D eigenvalue weighted by molar-refractivity contribution is 6.32. The van der Waals surface area contributed by atoms with E-state index in [-0.39, 0.29) is 18.8 Å². The smallest absolute Gasteiger partial charge is 0.147 e. The fourth-order valence-electron chi connectivity index (χ4n) is 1.81. The van der Waals surface area contributed by atoms with Crippen LogP contribution < -0.4 is 4.90 Å². The fraction of sp³-hybridized carbons (Fsp3) is 0.545. The molecule has 4 nitrogen and oxygen atoms in total. The molecule has 1 saturated heterocycles. The molecule has 16 heavy (non-hydrogen) atoms. The number of ether oxygens (including phenoxy) is 1. The Morgan fingerprint density at radius 2 is 2.50 bits per heavy atom. The second-order valence-electron chi connectivity index (χ2n) is 3.95. The maximum atomic E-state index is 9.11. The normalized spacial score (nSPS) is 25.8. The molecule has 88 valence electrons. The number of hydrogen-bond donors (Lipinski definition) is 1. The van der Waals surface area contributed by atoms with E-state index < -0.39 is 0 Å². The molecule has 0 spiro atoms. The summed E-state index contributed by atoms with van der Waals surface area (Å²) in [4.78, 5) is 6.35. The van der Waals surface area contributed by atoms with Crippen molar-refractivity contribution in [1.29, 1.82) is 0 Å². The second kappa shape index (κ2) is 4.99. The third-order valence-corrected chi connectivity index (χ3v) is 3.02. The zero-order valence-electron chi connectivity index (χ0n) is 9.14. The van der Waals surface area contributed by atoms with Crippen molar-refractivity contribution >= 4 is 17.4 Å². The predicted octanol–water partition coefficient (Wildman–Crippen LogP) is 1.32. The van der Waals surface area contributed by atoms with Crippen molar-refractivity contribution in [1.82, 2.24) is 4.98 Å². The van der Waals surface area contributed by atoms with E-state index in [0.29, 0.717) is 18.2 Å². The van der Waals surface area contributed by atoms with Gasteiger partial charge in [-0.1, -0.05) is 11.6 Å². The van der Waals surface area contributed by atoms with Crippen LogP contribution >= 0.6 is 11.6 Å². The summed E-state index contributed by atoms with van der Waals surface area (Å²) in [6, 6.07) is 3.84. The fourth-order valence-corrected chi connectivity index (χ4v) is 2.04. The van der Waals surface area contributed by atoms with E-state index in [2.05, 4.69) is 16.8 Å². The van der Waals surface area contributed by atoms with Crippen molar-refractivity contribution in [3.63, 3.8) is 0 Å². The van der Waals surface area contributed by atoms with Crippen LogP contribution in [0.5, 0.6) is 0 Å². The lowest BCUT2D eigenvalue weighted by Crippen LogP contribution is -2.50. The molecule has 2 atom stereocenters. The third kappa shape index (κ3) is 2.29. The van der Waals surface area contributed by atoms with Crippen LogP contribution in [0, 0.1) is 0 Å². The number of anilines is 1. The lowest BCUT2D eigenvalue weighted by Gasteiger charge is -2.38. The van der Waals surface area contributed by atoms with Crippen molar-refractivity contribution < 1.29 is 9.84 Å². The highest BCUT2D eigenvalue weighted by Gasteiger charge is 2.27. The summed E-state index contributed by atoms with van der Waals surface area (Å²) in [5.74, 6) is 0.762. The summed E-state index contributed by atoms with van der Waals surface area (Å²) in [7, 11) is 0. The molecule has 1 aromatic rings. The minimum Gasteiger partial charge on any atom is -0.394 e. The monoisotopic (exact) mass is 242 g/mol. The first-order valence-electron chi connectivity index (χ1n) is 5.32. The van der Waals surface area contributed by atoms with Gasteiger partial charge in [0.25, 0.3) is 0 Å². The first kappa shape index (κ1) is 11.6. The molecule has 0 amide bonds. The van der Waals surface area contributed by atoms with E-state index in [4.69, 9.17) is 21.4 Å². The SMILES string of the molecule is CC1COC(CO)CN1c1ncccc1Cl. The zero-order valence-corrected chi connectivity index (χ0v) is 9.89. The quantitative estimate of drug-likeness (QED) is 0.850. The molecular weight excluding hydrogens is 228 g/mol.